The number of aliphatic hydroxyl groups excluding tert-OH is 2. The maximum absolute atomic E-state index is 9.08. The normalized spacial score (nSPS) is 11.1. The van der Waals surface area contributed by atoms with E-state index < -0.39 is 6.15 Å². The minimum Gasteiger partial charge on any atom is -0.395 e. The van der Waals surface area contributed by atoms with Gasteiger partial charge in [0.1, 0.15) is 12.8 Å². The van der Waals surface area contributed by atoms with Crippen LogP contribution in [0.3, 0.4) is 0 Å². The molecule has 0 saturated carbocycles. The average molecular weight is 633 g/mol. The van der Waals surface area contributed by atoms with Crippen LogP contribution in [0.2, 0.25) is 0 Å². The molecule has 0 aliphatic heterocycles. The van der Waals surface area contributed by atoms with E-state index in [9.17, 15) is 0 Å². The molecular weight excluding hydrogens is 587 g/mol. The third-order valence-electron chi connectivity index (χ3n) is 8.95. The number of pyridine rings is 1. The summed E-state index contributed by atoms with van der Waals surface area (Å²) in [5.41, 5.74) is 8.75. The summed E-state index contributed by atoms with van der Waals surface area (Å²) in [6.45, 7) is 4.56. The van der Waals surface area contributed by atoms with Crippen molar-refractivity contribution in [3.8, 4) is 0 Å². The van der Waals surface area contributed by atoms with Crippen molar-refractivity contribution >= 4 is 45.8 Å². The maximum Gasteiger partial charge on any atom is 0.171 e. The van der Waals surface area contributed by atoms with Crippen molar-refractivity contribution < 1.29 is 14.8 Å². The Morgan fingerprint density at radius 1 is 0.521 bits per heavy atom. The van der Waals surface area contributed by atoms with Crippen LogP contribution in [-0.2, 0) is 6.54 Å². The average Bonchev–Trinajstić information content (AvgIpc) is 3.16. The number of benzene rings is 5. The molecule has 0 bridgehead atoms. The molecule has 1 aromatic heterocycles. The second kappa shape index (κ2) is 17.6. The van der Waals surface area contributed by atoms with Crippen LogP contribution in [0.15, 0.2) is 170 Å². The van der Waals surface area contributed by atoms with E-state index in [0.29, 0.717) is 13.1 Å². The number of likely N-dealkylation sites (N-methyl/N-ethyl adjacent to an activating group) is 1. The molecule has 242 valence electrons. The second-order valence-electron chi connectivity index (χ2n) is 11.8. The molecule has 0 fully saturated rings. The molecule has 0 saturated heterocycles. The van der Waals surface area contributed by atoms with Gasteiger partial charge in [0.2, 0.25) is 0 Å². The van der Waals surface area contributed by atoms with Crippen LogP contribution in [0.4, 0.5) is 5.69 Å². The lowest BCUT2D eigenvalue weighted by atomic mass is 9.13. The van der Waals surface area contributed by atoms with Crippen LogP contribution in [-0.4, -0.2) is 42.7 Å². The van der Waals surface area contributed by atoms with Gasteiger partial charge in [0.05, 0.1) is 6.61 Å². The summed E-state index contributed by atoms with van der Waals surface area (Å²) in [5.74, 6) is 0. The maximum atomic E-state index is 9.08. The fourth-order valence-corrected chi connectivity index (χ4v) is 6.55. The summed E-state index contributed by atoms with van der Waals surface area (Å²) in [4.78, 5) is 2.14. The molecule has 0 spiro atoms. The van der Waals surface area contributed by atoms with Crippen molar-refractivity contribution in [2.75, 3.05) is 31.2 Å². The molecule has 5 heteroatoms. The monoisotopic (exact) mass is 632 g/mol. The minimum atomic E-state index is -1.22. The highest BCUT2D eigenvalue weighted by molar-refractivity contribution is 7.19. The topological polar surface area (TPSA) is 47.6 Å². The van der Waals surface area contributed by atoms with Crippen molar-refractivity contribution in [1.29, 1.82) is 0 Å². The van der Waals surface area contributed by atoms with E-state index in [1.165, 1.54) is 21.9 Å². The molecule has 4 nitrogen and oxygen atoms in total. The zero-order chi connectivity index (χ0) is 33.4. The zero-order valence-electron chi connectivity index (χ0n) is 27.7. The van der Waals surface area contributed by atoms with Gasteiger partial charge >= 0.3 is 0 Å². The molecule has 1 heterocycles. The number of hydrogen-bond acceptors (Lipinski definition) is 3. The van der Waals surface area contributed by atoms with Gasteiger partial charge in [-0.25, -0.2) is 4.57 Å². The van der Waals surface area contributed by atoms with E-state index in [1.807, 2.05) is 29.1 Å². The van der Waals surface area contributed by atoms with Gasteiger partial charge in [-0.2, -0.15) is 21.9 Å². The van der Waals surface area contributed by atoms with Crippen molar-refractivity contribution in [3.63, 3.8) is 0 Å². The number of rotatable bonds is 12. The summed E-state index contributed by atoms with van der Waals surface area (Å²) >= 11 is 0. The van der Waals surface area contributed by atoms with Gasteiger partial charge in [0.25, 0.3) is 0 Å². The van der Waals surface area contributed by atoms with Gasteiger partial charge < -0.3 is 15.1 Å². The second-order valence-corrected chi connectivity index (χ2v) is 11.8. The van der Waals surface area contributed by atoms with Gasteiger partial charge in [-0.3, -0.25) is 0 Å². The number of aliphatic hydroxyl groups is 2. The number of aromatic nitrogens is 1. The molecule has 0 aliphatic carbocycles. The summed E-state index contributed by atoms with van der Waals surface area (Å²) in [5, 5.41) is 18.0. The third-order valence-corrected chi connectivity index (χ3v) is 8.95. The van der Waals surface area contributed by atoms with Crippen molar-refractivity contribution in [3.05, 3.63) is 181 Å². The van der Waals surface area contributed by atoms with Crippen LogP contribution in [0.1, 0.15) is 18.1 Å². The Balaban J connectivity index is 0.000000189. The van der Waals surface area contributed by atoms with Crippen LogP contribution < -0.4 is 31.3 Å². The van der Waals surface area contributed by atoms with E-state index in [-0.39, 0.29) is 13.2 Å². The first kappa shape index (κ1) is 34.1. The Labute approximate surface area is 285 Å². The Morgan fingerprint density at radius 3 is 1.27 bits per heavy atom. The highest BCUT2D eigenvalue weighted by Gasteiger charge is 2.31. The van der Waals surface area contributed by atoms with Crippen LogP contribution in [0.25, 0.3) is 12.2 Å². The first-order valence-corrected chi connectivity index (χ1v) is 16.8. The number of nitrogens with zero attached hydrogens (tertiary/aromatic N) is 2. The molecule has 2 N–H and O–H groups in total. The highest BCUT2D eigenvalue weighted by atomic mass is 16.3. The molecule has 0 aliphatic rings. The number of hydrogen-bond donors (Lipinski definition) is 2. The minimum absolute atomic E-state index is 0.150. The van der Waals surface area contributed by atoms with Gasteiger partial charge in [-0.15, -0.1) is 0 Å². The summed E-state index contributed by atoms with van der Waals surface area (Å²) in [7, 11) is 0. The Hall–Kier alpha value is -5.23. The highest BCUT2D eigenvalue weighted by Crippen LogP contribution is 2.16. The molecule has 0 atom stereocenters. The molecule has 0 radical (unpaired) electrons. The SMILES string of the molecule is CCN(CCO)c1ccc(/C=C/c2cc[n+](CCO)cc2)cc1.c1ccc([B-](c2ccccc2)(c2ccccc2)c2ccccc2)cc1. The largest absolute Gasteiger partial charge is 0.395 e. The lowest BCUT2D eigenvalue weighted by molar-refractivity contribution is -0.698. The first-order valence-electron chi connectivity index (χ1n) is 16.8. The molecule has 6 rings (SSSR count). The summed E-state index contributed by atoms with van der Waals surface area (Å²) < 4.78 is 1.95. The Kier molecular flexibility index (Phi) is 12.5. The predicted molar refractivity (Wildman–Crippen MR) is 204 cm³/mol. The smallest absolute Gasteiger partial charge is 0.171 e. The third kappa shape index (κ3) is 8.37. The Morgan fingerprint density at radius 2 is 0.917 bits per heavy atom. The van der Waals surface area contributed by atoms with Crippen molar-refractivity contribution in [2.24, 2.45) is 0 Å². The molecule has 6 aromatic rings. The van der Waals surface area contributed by atoms with E-state index in [2.05, 4.69) is 170 Å². The lowest BCUT2D eigenvalue weighted by Crippen LogP contribution is -2.74. The van der Waals surface area contributed by atoms with Crippen LogP contribution in [0, 0.1) is 0 Å². The van der Waals surface area contributed by atoms with E-state index in [0.717, 1.165) is 23.4 Å². The quantitative estimate of drug-likeness (QED) is 0.147. The first-order chi connectivity index (χ1) is 23.7. The lowest BCUT2D eigenvalue weighted by Gasteiger charge is -2.44. The Bertz CT molecular complexity index is 1630. The fourth-order valence-electron chi connectivity index (χ4n) is 6.55. The fraction of sp³-hybridized carbons (Fsp3) is 0.140. The summed E-state index contributed by atoms with van der Waals surface area (Å²) in [6, 6.07) is 55.9. The molecule has 0 amide bonds. The molecule has 5 aromatic carbocycles. The standard InChI is InChI=1S/C24H20B.C19H25N2O2/c1-5-13-21(14-6-1)25(22-15-7-2-8-16-22,23-17-9-3-10-18-23)24-19-11-4-12-20-24;1-2-21(14-16-23)19-7-5-17(6-8-19)3-4-18-9-11-20(12-10-18)13-15-22/h1-20H;3-12,22-23H,2,13-16H2,1H3/q-1;+1. The van der Waals surface area contributed by atoms with Gasteiger partial charge in [0.15, 0.2) is 18.9 Å². The molecule has 48 heavy (non-hydrogen) atoms. The van der Waals surface area contributed by atoms with E-state index in [4.69, 9.17) is 10.2 Å². The van der Waals surface area contributed by atoms with Crippen LogP contribution >= 0.6 is 0 Å². The molecule has 0 unspecified atom stereocenters. The van der Waals surface area contributed by atoms with Crippen LogP contribution in [0.5, 0.6) is 0 Å². The van der Waals surface area contributed by atoms with Crippen molar-refractivity contribution in [1.82, 2.24) is 0 Å². The summed E-state index contributed by atoms with van der Waals surface area (Å²) in [6.07, 6.45) is 6.87. The molecular formula is C43H45BN2O2. The van der Waals surface area contributed by atoms with E-state index >= 15 is 0 Å². The van der Waals surface area contributed by atoms with Gasteiger partial charge in [0, 0.05) is 30.9 Å². The zero-order valence-corrected chi connectivity index (χ0v) is 27.7. The predicted octanol–water partition coefficient (Wildman–Crippen LogP) is 5.02. The van der Waals surface area contributed by atoms with E-state index in [1.54, 1.807) is 0 Å². The number of anilines is 1. The van der Waals surface area contributed by atoms with Gasteiger partial charge in [-0.05, 0) is 30.2 Å². The van der Waals surface area contributed by atoms with Crippen molar-refractivity contribution in [2.45, 2.75) is 13.5 Å². The van der Waals surface area contributed by atoms with Gasteiger partial charge in [-0.1, -0.05) is 146 Å².